The highest BCUT2D eigenvalue weighted by molar-refractivity contribution is 7.92. The van der Waals surface area contributed by atoms with Crippen LogP contribution < -0.4 is 9.46 Å². The number of benzene rings is 1. The SMILES string of the molecule is COc1ccc(NS(=O)(=O)c2cc(F)cc(F)c2)cn1. The van der Waals surface area contributed by atoms with E-state index in [1.165, 1.54) is 25.4 Å². The number of hydrogen-bond acceptors (Lipinski definition) is 4. The molecule has 1 aromatic heterocycles. The molecule has 0 spiro atoms. The molecule has 5 nitrogen and oxygen atoms in total. The molecule has 0 bridgehead atoms. The summed E-state index contributed by atoms with van der Waals surface area (Å²) in [6.45, 7) is 0. The average Bonchev–Trinajstić information content (AvgIpc) is 2.38. The number of aromatic nitrogens is 1. The molecule has 1 aromatic carbocycles. The van der Waals surface area contributed by atoms with Crippen LogP contribution in [-0.2, 0) is 10.0 Å². The normalized spacial score (nSPS) is 11.2. The molecule has 20 heavy (non-hydrogen) atoms. The fraction of sp³-hybridized carbons (Fsp3) is 0.0833. The van der Waals surface area contributed by atoms with Gasteiger partial charge in [0.15, 0.2) is 0 Å². The van der Waals surface area contributed by atoms with Crippen LogP contribution in [0.25, 0.3) is 0 Å². The smallest absolute Gasteiger partial charge is 0.262 e. The summed E-state index contributed by atoms with van der Waals surface area (Å²) >= 11 is 0. The second-order valence-corrected chi connectivity index (χ2v) is 5.48. The fourth-order valence-electron chi connectivity index (χ4n) is 1.46. The maximum atomic E-state index is 13.0. The number of nitrogens with one attached hydrogen (secondary N) is 1. The Labute approximate surface area is 114 Å². The van der Waals surface area contributed by atoms with Crippen LogP contribution in [0.2, 0.25) is 0 Å². The van der Waals surface area contributed by atoms with E-state index in [-0.39, 0.29) is 5.69 Å². The topological polar surface area (TPSA) is 68.3 Å². The van der Waals surface area contributed by atoms with Crippen molar-refractivity contribution in [1.29, 1.82) is 0 Å². The highest BCUT2D eigenvalue weighted by atomic mass is 32.2. The minimum atomic E-state index is -4.09. The van der Waals surface area contributed by atoms with E-state index in [1.54, 1.807) is 0 Å². The third-order valence-corrected chi connectivity index (χ3v) is 3.70. The number of ether oxygens (including phenoxy) is 1. The second-order valence-electron chi connectivity index (χ2n) is 3.80. The van der Waals surface area contributed by atoms with Gasteiger partial charge >= 0.3 is 0 Å². The molecule has 0 fully saturated rings. The third kappa shape index (κ3) is 3.21. The van der Waals surface area contributed by atoms with Gasteiger partial charge in [-0.3, -0.25) is 4.72 Å². The van der Waals surface area contributed by atoms with E-state index in [4.69, 9.17) is 4.74 Å². The van der Waals surface area contributed by atoms with Crippen LogP contribution in [0.5, 0.6) is 5.88 Å². The molecule has 0 aliphatic heterocycles. The predicted molar refractivity (Wildman–Crippen MR) is 68.0 cm³/mol. The van der Waals surface area contributed by atoms with E-state index in [9.17, 15) is 17.2 Å². The maximum absolute atomic E-state index is 13.0. The molecule has 0 saturated carbocycles. The van der Waals surface area contributed by atoms with Gasteiger partial charge in [0.05, 0.1) is 23.9 Å². The summed E-state index contributed by atoms with van der Waals surface area (Å²) in [6, 6.07) is 4.90. The first kappa shape index (κ1) is 14.2. The van der Waals surface area contributed by atoms with Crippen LogP contribution in [0.15, 0.2) is 41.4 Å². The molecule has 8 heteroatoms. The Hall–Kier alpha value is -2.22. The molecule has 2 rings (SSSR count). The summed E-state index contributed by atoms with van der Waals surface area (Å²) in [6.07, 6.45) is 1.23. The van der Waals surface area contributed by atoms with Crippen molar-refractivity contribution in [3.8, 4) is 5.88 Å². The van der Waals surface area contributed by atoms with Crippen LogP contribution in [0.3, 0.4) is 0 Å². The molecule has 0 amide bonds. The molecule has 0 aliphatic carbocycles. The summed E-state index contributed by atoms with van der Waals surface area (Å²) in [7, 11) is -2.67. The monoisotopic (exact) mass is 300 g/mol. The van der Waals surface area contributed by atoms with Crippen molar-refractivity contribution in [3.05, 3.63) is 48.2 Å². The van der Waals surface area contributed by atoms with Crippen LogP contribution in [-0.4, -0.2) is 20.5 Å². The Morgan fingerprint density at radius 1 is 1.15 bits per heavy atom. The van der Waals surface area contributed by atoms with Gasteiger partial charge in [-0.2, -0.15) is 0 Å². The van der Waals surface area contributed by atoms with Crippen molar-refractivity contribution in [2.75, 3.05) is 11.8 Å². The Morgan fingerprint density at radius 2 is 1.80 bits per heavy atom. The van der Waals surface area contributed by atoms with Crippen molar-refractivity contribution in [2.45, 2.75) is 4.90 Å². The molecular weight excluding hydrogens is 290 g/mol. The summed E-state index contributed by atoms with van der Waals surface area (Å²) in [5.74, 6) is -1.64. The van der Waals surface area contributed by atoms with Crippen molar-refractivity contribution in [3.63, 3.8) is 0 Å². The second kappa shape index (κ2) is 5.41. The van der Waals surface area contributed by atoms with Crippen LogP contribution >= 0.6 is 0 Å². The van der Waals surface area contributed by atoms with E-state index >= 15 is 0 Å². The first-order chi connectivity index (χ1) is 9.40. The fourth-order valence-corrected chi connectivity index (χ4v) is 2.54. The Balaban J connectivity index is 2.30. The van der Waals surface area contributed by atoms with Crippen LogP contribution in [0.1, 0.15) is 0 Å². The van der Waals surface area contributed by atoms with Gasteiger partial charge in [-0.1, -0.05) is 0 Å². The van der Waals surface area contributed by atoms with Crippen LogP contribution in [0.4, 0.5) is 14.5 Å². The van der Waals surface area contributed by atoms with E-state index in [0.29, 0.717) is 11.9 Å². The number of sulfonamides is 1. The summed E-state index contributed by atoms with van der Waals surface area (Å²) in [5.41, 5.74) is 0.149. The summed E-state index contributed by atoms with van der Waals surface area (Å²) in [5, 5.41) is 0. The molecule has 0 saturated heterocycles. The maximum Gasteiger partial charge on any atom is 0.262 e. The van der Waals surface area contributed by atoms with Crippen molar-refractivity contribution < 1.29 is 21.9 Å². The zero-order valence-corrected chi connectivity index (χ0v) is 11.1. The van der Waals surface area contributed by atoms with Gasteiger partial charge in [0.2, 0.25) is 5.88 Å². The Bertz CT molecular complexity index is 698. The lowest BCUT2D eigenvalue weighted by molar-refractivity contribution is 0.398. The Kier molecular flexibility index (Phi) is 3.84. The highest BCUT2D eigenvalue weighted by Crippen LogP contribution is 2.18. The van der Waals surface area contributed by atoms with Gasteiger partial charge in [0.1, 0.15) is 11.6 Å². The number of rotatable bonds is 4. The van der Waals surface area contributed by atoms with E-state index in [2.05, 4.69) is 9.71 Å². The third-order valence-electron chi connectivity index (χ3n) is 2.34. The molecule has 0 aliphatic rings. The lowest BCUT2D eigenvalue weighted by Crippen LogP contribution is -2.13. The van der Waals surface area contributed by atoms with Gasteiger partial charge in [0, 0.05) is 12.1 Å². The van der Waals surface area contributed by atoms with Crippen molar-refractivity contribution in [2.24, 2.45) is 0 Å². The largest absolute Gasteiger partial charge is 0.481 e. The lowest BCUT2D eigenvalue weighted by Gasteiger charge is -2.08. The molecule has 2 aromatic rings. The summed E-state index contributed by atoms with van der Waals surface area (Å²) in [4.78, 5) is 3.30. The zero-order chi connectivity index (χ0) is 14.8. The van der Waals surface area contributed by atoms with E-state index < -0.39 is 26.6 Å². The van der Waals surface area contributed by atoms with Crippen molar-refractivity contribution >= 4 is 15.7 Å². The first-order valence-corrected chi connectivity index (χ1v) is 6.88. The molecule has 106 valence electrons. The van der Waals surface area contributed by atoms with E-state index in [0.717, 1.165) is 12.1 Å². The first-order valence-electron chi connectivity index (χ1n) is 5.40. The minimum absolute atomic E-state index is 0.149. The van der Waals surface area contributed by atoms with E-state index in [1.807, 2.05) is 0 Å². The lowest BCUT2D eigenvalue weighted by atomic mass is 10.3. The standard InChI is InChI=1S/C12H10F2N2O3S/c1-19-12-3-2-10(7-15-12)16-20(17,18)11-5-8(13)4-9(14)6-11/h2-7,16H,1H3. The summed E-state index contributed by atoms with van der Waals surface area (Å²) < 4.78 is 57.0. The highest BCUT2D eigenvalue weighted by Gasteiger charge is 2.16. The number of anilines is 1. The molecule has 0 unspecified atom stereocenters. The molecular formula is C12H10F2N2O3S. The minimum Gasteiger partial charge on any atom is -0.481 e. The molecule has 1 N–H and O–H groups in total. The number of pyridine rings is 1. The molecule has 0 radical (unpaired) electrons. The predicted octanol–water partition coefficient (Wildman–Crippen LogP) is 2.17. The number of nitrogens with zero attached hydrogens (tertiary/aromatic N) is 1. The van der Waals surface area contributed by atoms with Gasteiger partial charge in [0.25, 0.3) is 10.0 Å². The van der Waals surface area contributed by atoms with Crippen molar-refractivity contribution in [1.82, 2.24) is 4.98 Å². The van der Waals surface area contributed by atoms with Gasteiger partial charge in [-0.05, 0) is 18.2 Å². The number of halogens is 2. The van der Waals surface area contributed by atoms with Gasteiger partial charge < -0.3 is 4.74 Å². The number of methoxy groups -OCH3 is 1. The average molecular weight is 300 g/mol. The Morgan fingerprint density at radius 3 is 2.30 bits per heavy atom. The van der Waals surface area contributed by atoms with Gasteiger partial charge in [-0.15, -0.1) is 0 Å². The molecule has 1 heterocycles. The number of hydrogen-bond donors (Lipinski definition) is 1. The van der Waals surface area contributed by atoms with Crippen LogP contribution in [0, 0.1) is 11.6 Å². The van der Waals surface area contributed by atoms with Gasteiger partial charge in [-0.25, -0.2) is 22.2 Å². The zero-order valence-electron chi connectivity index (χ0n) is 10.3. The quantitative estimate of drug-likeness (QED) is 0.939. The molecule has 0 atom stereocenters.